The topological polar surface area (TPSA) is 25.2 Å². The predicted octanol–water partition coefficient (Wildman–Crippen LogP) is 5.31. The molecule has 5 rings (SSSR count). The summed E-state index contributed by atoms with van der Waals surface area (Å²) in [6.07, 6.45) is 2.87. The van der Waals surface area contributed by atoms with E-state index in [1.165, 1.54) is 22.1 Å². The molecule has 26 heavy (non-hydrogen) atoms. The Labute approximate surface area is 153 Å². The van der Waals surface area contributed by atoms with Gasteiger partial charge in [-0.15, -0.1) is 0 Å². The Kier molecular flexibility index (Phi) is 4.83. The van der Waals surface area contributed by atoms with Crippen LogP contribution in [0, 0.1) is 0 Å². The van der Waals surface area contributed by atoms with Gasteiger partial charge in [-0.2, -0.15) is 0 Å². The van der Waals surface area contributed by atoms with E-state index in [1.54, 1.807) is 0 Å². The second kappa shape index (κ2) is 7.75. The van der Waals surface area contributed by atoms with Gasteiger partial charge in [-0.25, -0.2) is 0 Å². The van der Waals surface area contributed by atoms with Crippen LogP contribution in [0.15, 0.2) is 102 Å². The highest BCUT2D eigenvalue weighted by Gasteiger charge is 2.14. The van der Waals surface area contributed by atoms with Crippen molar-refractivity contribution in [3.63, 3.8) is 0 Å². The summed E-state index contributed by atoms with van der Waals surface area (Å²) in [6.45, 7) is 0.904. The average molecular weight is 336 g/mol. The van der Waals surface area contributed by atoms with E-state index in [1.807, 2.05) is 36.5 Å². The van der Waals surface area contributed by atoms with E-state index in [0.717, 1.165) is 24.2 Å². The summed E-state index contributed by atoms with van der Waals surface area (Å²) in [6, 6.07) is 31.1. The van der Waals surface area contributed by atoms with Gasteiger partial charge < -0.3 is 0 Å². The number of fused-ring (bicyclic) bond motifs is 2. The minimum atomic E-state index is 0.904. The van der Waals surface area contributed by atoms with E-state index in [-0.39, 0.29) is 0 Å². The molecule has 2 heteroatoms. The third-order valence-corrected chi connectivity index (χ3v) is 4.48. The Morgan fingerprint density at radius 3 is 2.27 bits per heavy atom. The zero-order chi connectivity index (χ0) is 17.6. The standard InChI is InChI=1S/C15H13N.C9H7N/c1-2-7-13(8-3-1)15-14-9-5-4-6-12(14)10-11-16-15;1-2-6-9-8(4-1)5-3-7-10-9/h1-9H,10-11H2;1-7H. The molecule has 0 unspecified atom stereocenters. The van der Waals surface area contributed by atoms with E-state index >= 15 is 0 Å². The van der Waals surface area contributed by atoms with Crippen LogP contribution in [-0.4, -0.2) is 17.2 Å². The summed E-state index contributed by atoms with van der Waals surface area (Å²) in [4.78, 5) is 8.84. The zero-order valence-corrected chi connectivity index (χ0v) is 14.5. The summed E-state index contributed by atoms with van der Waals surface area (Å²) in [5.74, 6) is 0. The average Bonchev–Trinajstić information content (AvgIpc) is 2.74. The van der Waals surface area contributed by atoms with Crippen LogP contribution in [0.3, 0.4) is 0 Å². The van der Waals surface area contributed by atoms with Crippen LogP contribution < -0.4 is 0 Å². The highest BCUT2D eigenvalue weighted by atomic mass is 14.7. The minimum Gasteiger partial charge on any atom is -0.284 e. The SMILES string of the molecule is c1ccc(C2=NCCc3ccccc32)cc1.c1ccc2ncccc2c1. The maximum Gasteiger partial charge on any atom is 0.0721 e. The molecule has 1 aliphatic heterocycles. The number of benzene rings is 3. The zero-order valence-electron chi connectivity index (χ0n) is 14.5. The van der Waals surface area contributed by atoms with Crippen LogP contribution in [0.2, 0.25) is 0 Å². The van der Waals surface area contributed by atoms with Gasteiger partial charge in [0.25, 0.3) is 0 Å². The number of nitrogens with zero attached hydrogens (tertiary/aromatic N) is 2. The van der Waals surface area contributed by atoms with Gasteiger partial charge in [0.15, 0.2) is 0 Å². The molecule has 2 heterocycles. The lowest BCUT2D eigenvalue weighted by Gasteiger charge is -2.16. The molecule has 3 aromatic carbocycles. The molecule has 126 valence electrons. The maximum absolute atomic E-state index is 4.66. The maximum atomic E-state index is 4.66. The van der Waals surface area contributed by atoms with Gasteiger partial charge in [0.1, 0.15) is 0 Å². The predicted molar refractivity (Wildman–Crippen MR) is 109 cm³/mol. The van der Waals surface area contributed by atoms with Crippen molar-refractivity contribution >= 4 is 16.6 Å². The molecule has 0 bridgehead atoms. The highest BCUT2D eigenvalue weighted by molar-refractivity contribution is 6.14. The van der Waals surface area contributed by atoms with Crippen molar-refractivity contribution in [3.8, 4) is 0 Å². The Balaban J connectivity index is 0.000000144. The van der Waals surface area contributed by atoms with Crippen LogP contribution in [0.1, 0.15) is 16.7 Å². The summed E-state index contributed by atoms with van der Waals surface area (Å²) in [5.41, 5.74) is 6.12. The second-order valence-corrected chi connectivity index (χ2v) is 6.20. The van der Waals surface area contributed by atoms with E-state index in [2.05, 4.69) is 70.6 Å². The molecule has 0 amide bonds. The number of hydrogen-bond acceptors (Lipinski definition) is 2. The fourth-order valence-electron chi connectivity index (χ4n) is 3.20. The largest absolute Gasteiger partial charge is 0.284 e. The summed E-state index contributed by atoms with van der Waals surface area (Å²) in [7, 11) is 0. The van der Waals surface area contributed by atoms with Crippen LogP contribution in [0.4, 0.5) is 0 Å². The number of para-hydroxylation sites is 1. The van der Waals surface area contributed by atoms with Crippen molar-refractivity contribution in [1.29, 1.82) is 0 Å². The first-order chi connectivity index (χ1) is 12.9. The molecule has 0 radical (unpaired) electrons. The monoisotopic (exact) mass is 336 g/mol. The molecule has 1 aliphatic rings. The first-order valence-electron chi connectivity index (χ1n) is 8.90. The number of rotatable bonds is 1. The molecule has 0 aliphatic carbocycles. The number of pyridine rings is 1. The van der Waals surface area contributed by atoms with Crippen molar-refractivity contribution < 1.29 is 0 Å². The highest BCUT2D eigenvalue weighted by Crippen LogP contribution is 2.19. The first-order valence-corrected chi connectivity index (χ1v) is 8.90. The first kappa shape index (κ1) is 16.2. The molecule has 1 aromatic heterocycles. The Morgan fingerprint density at radius 1 is 0.654 bits per heavy atom. The minimum absolute atomic E-state index is 0.904. The Morgan fingerprint density at radius 2 is 1.38 bits per heavy atom. The summed E-state index contributed by atoms with van der Waals surface area (Å²) < 4.78 is 0. The molecule has 2 nitrogen and oxygen atoms in total. The number of aromatic nitrogens is 1. The quantitative estimate of drug-likeness (QED) is 0.462. The lowest BCUT2D eigenvalue weighted by atomic mass is 9.93. The Bertz CT molecular complexity index is 970. The van der Waals surface area contributed by atoms with E-state index in [9.17, 15) is 0 Å². The normalized spacial score (nSPS) is 12.5. The van der Waals surface area contributed by atoms with Gasteiger partial charge in [-0.3, -0.25) is 9.98 Å². The van der Waals surface area contributed by atoms with Crippen LogP contribution >= 0.6 is 0 Å². The fourth-order valence-corrected chi connectivity index (χ4v) is 3.20. The van der Waals surface area contributed by atoms with E-state index in [4.69, 9.17) is 0 Å². The molecule has 0 spiro atoms. The Hall–Kier alpha value is -3.26. The number of aliphatic imine (C=N–C) groups is 1. The summed E-state index contributed by atoms with van der Waals surface area (Å²) in [5, 5.41) is 1.20. The molecule has 0 saturated heterocycles. The van der Waals surface area contributed by atoms with E-state index < -0.39 is 0 Å². The molecular formula is C24H20N2. The molecule has 4 aromatic rings. The van der Waals surface area contributed by atoms with Gasteiger partial charge in [0.05, 0.1) is 11.2 Å². The second-order valence-electron chi connectivity index (χ2n) is 6.20. The van der Waals surface area contributed by atoms with Crippen LogP contribution in [0.5, 0.6) is 0 Å². The van der Waals surface area contributed by atoms with Crippen molar-refractivity contribution in [2.24, 2.45) is 4.99 Å². The van der Waals surface area contributed by atoms with E-state index in [0.29, 0.717) is 0 Å². The smallest absolute Gasteiger partial charge is 0.0721 e. The lowest BCUT2D eigenvalue weighted by Crippen LogP contribution is -2.13. The van der Waals surface area contributed by atoms with Gasteiger partial charge >= 0.3 is 0 Å². The third kappa shape index (κ3) is 3.55. The van der Waals surface area contributed by atoms with Crippen molar-refractivity contribution in [3.05, 3.63) is 114 Å². The summed E-state index contributed by atoms with van der Waals surface area (Å²) >= 11 is 0. The number of hydrogen-bond donors (Lipinski definition) is 0. The van der Waals surface area contributed by atoms with Gasteiger partial charge in [0.2, 0.25) is 0 Å². The van der Waals surface area contributed by atoms with Crippen molar-refractivity contribution in [1.82, 2.24) is 4.98 Å². The molecule has 0 atom stereocenters. The molecule has 0 saturated carbocycles. The molecule has 0 fully saturated rings. The van der Waals surface area contributed by atoms with Gasteiger partial charge in [0, 0.05) is 29.3 Å². The van der Waals surface area contributed by atoms with Gasteiger partial charge in [-0.1, -0.05) is 78.9 Å². The van der Waals surface area contributed by atoms with Crippen molar-refractivity contribution in [2.45, 2.75) is 6.42 Å². The van der Waals surface area contributed by atoms with Crippen LogP contribution in [-0.2, 0) is 6.42 Å². The van der Waals surface area contributed by atoms with Gasteiger partial charge in [-0.05, 0) is 24.1 Å². The third-order valence-electron chi connectivity index (χ3n) is 4.48. The molecular weight excluding hydrogens is 316 g/mol. The van der Waals surface area contributed by atoms with Crippen molar-refractivity contribution in [2.75, 3.05) is 6.54 Å². The van der Waals surface area contributed by atoms with Crippen LogP contribution in [0.25, 0.3) is 10.9 Å². The lowest BCUT2D eigenvalue weighted by molar-refractivity contribution is 0.944. The molecule has 0 N–H and O–H groups in total. The fraction of sp³-hybridized carbons (Fsp3) is 0.0833.